The highest BCUT2D eigenvalue weighted by Gasteiger charge is 2.17. The summed E-state index contributed by atoms with van der Waals surface area (Å²) in [5, 5.41) is 3.30. The molecule has 0 fully saturated rings. The molecule has 0 saturated heterocycles. The van der Waals surface area contributed by atoms with E-state index in [0.29, 0.717) is 0 Å². The van der Waals surface area contributed by atoms with Gasteiger partial charge in [0.25, 0.3) is 0 Å². The molecule has 0 bridgehead atoms. The maximum Gasteiger partial charge on any atom is 0.124 e. The Hall–Kier alpha value is -1.19. The third kappa shape index (κ3) is 3.72. The van der Waals surface area contributed by atoms with Crippen LogP contribution in [0.15, 0.2) is 46.9 Å². The Morgan fingerprint density at radius 2 is 1.67 bits per heavy atom. The van der Waals surface area contributed by atoms with E-state index in [2.05, 4.69) is 66.3 Å². The minimum atomic E-state index is -0.233. The van der Waals surface area contributed by atoms with Crippen molar-refractivity contribution in [3.63, 3.8) is 0 Å². The molecule has 1 unspecified atom stereocenters. The van der Waals surface area contributed by atoms with E-state index in [0.717, 1.165) is 15.6 Å². The second-order valence-electron chi connectivity index (χ2n) is 6.26. The highest BCUT2D eigenvalue weighted by Crippen LogP contribution is 2.30. The number of benzene rings is 2. The minimum Gasteiger partial charge on any atom is -0.309 e. The maximum atomic E-state index is 13.3. The Kier molecular flexibility index (Phi) is 4.84. The Balaban J connectivity index is 2.37. The zero-order valence-electron chi connectivity index (χ0n) is 12.9. The van der Waals surface area contributed by atoms with Crippen LogP contribution < -0.4 is 5.32 Å². The van der Waals surface area contributed by atoms with E-state index in [4.69, 9.17) is 0 Å². The molecule has 2 aromatic rings. The van der Waals surface area contributed by atoms with Gasteiger partial charge < -0.3 is 5.32 Å². The normalized spacial score (nSPS) is 13.2. The molecule has 1 nitrogen and oxygen atoms in total. The van der Waals surface area contributed by atoms with Gasteiger partial charge in [-0.25, -0.2) is 4.39 Å². The molecule has 21 heavy (non-hydrogen) atoms. The Bertz CT molecular complexity index is 614. The second kappa shape index (κ2) is 6.29. The van der Waals surface area contributed by atoms with Crippen molar-refractivity contribution in [2.75, 3.05) is 7.05 Å². The zero-order chi connectivity index (χ0) is 15.6. The van der Waals surface area contributed by atoms with Gasteiger partial charge in [0.15, 0.2) is 0 Å². The molecular formula is C18H21BrFN. The van der Waals surface area contributed by atoms with Crippen LogP contribution in [0.5, 0.6) is 0 Å². The number of halogens is 2. The van der Waals surface area contributed by atoms with Crippen LogP contribution in [0.1, 0.15) is 43.5 Å². The van der Waals surface area contributed by atoms with Crippen molar-refractivity contribution in [2.45, 2.75) is 32.2 Å². The van der Waals surface area contributed by atoms with Gasteiger partial charge in [-0.2, -0.15) is 0 Å². The first kappa shape index (κ1) is 16.2. The van der Waals surface area contributed by atoms with Gasteiger partial charge in [0, 0.05) is 4.47 Å². The molecule has 0 aliphatic rings. The summed E-state index contributed by atoms with van der Waals surface area (Å²) in [5.74, 6) is -0.233. The van der Waals surface area contributed by atoms with Crippen LogP contribution in [0.25, 0.3) is 0 Å². The van der Waals surface area contributed by atoms with Crippen molar-refractivity contribution in [3.8, 4) is 0 Å². The molecular weight excluding hydrogens is 329 g/mol. The lowest BCUT2D eigenvalue weighted by atomic mass is 9.86. The first-order valence-electron chi connectivity index (χ1n) is 7.05. The van der Waals surface area contributed by atoms with Crippen molar-refractivity contribution in [2.24, 2.45) is 0 Å². The van der Waals surface area contributed by atoms with E-state index >= 15 is 0 Å². The van der Waals surface area contributed by atoms with E-state index in [9.17, 15) is 4.39 Å². The largest absolute Gasteiger partial charge is 0.309 e. The summed E-state index contributed by atoms with van der Waals surface area (Å²) in [6.45, 7) is 6.61. The topological polar surface area (TPSA) is 12.0 Å². The van der Waals surface area contributed by atoms with E-state index < -0.39 is 0 Å². The van der Waals surface area contributed by atoms with Crippen LogP contribution in [0.4, 0.5) is 4.39 Å². The predicted octanol–water partition coefficient (Wildman–Crippen LogP) is 5.19. The summed E-state index contributed by atoms with van der Waals surface area (Å²) in [4.78, 5) is 0. The quantitative estimate of drug-likeness (QED) is 0.803. The van der Waals surface area contributed by atoms with Crippen LogP contribution in [-0.2, 0) is 5.41 Å². The second-order valence-corrected chi connectivity index (χ2v) is 7.11. The molecule has 0 aliphatic carbocycles. The summed E-state index contributed by atoms with van der Waals surface area (Å²) >= 11 is 3.45. The van der Waals surface area contributed by atoms with Crippen molar-refractivity contribution < 1.29 is 4.39 Å². The van der Waals surface area contributed by atoms with E-state index in [1.807, 2.05) is 13.1 Å². The zero-order valence-corrected chi connectivity index (χ0v) is 14.5. The van der Waals surface area contributed by atoms with Crippen molar-refractivity contribution >= 4 is 15.9 Å². The monoisotopic (exact) mass is 349 g/mol. The number of hydrogen-bond donors (Lipinski definition) is 1. The molecule has 0 saturated carbocycles. The fourth-order valence-corrected chi connectivity index (χ4v) is 2.99. The van der Waals surface area contributed by atoms with Crippen molar-refractivity contribution in [1.82, 2.24) is 5.32 Å². The molecule has 0 spiro atoms. The first-order valence-corrected chi connectivity index (χ1v) is 7.85. The summed E-state index contributed by atoms with van der Waals surface area (Å²) in [6.07, 6.45) is 0. The average molecular weight is 350 g/mol. The standard InChI is InChI=1S/C18H21BrFN/c1-18(2,3)13-7-5-12(6-8-13)17(21-4)15-10-9-14(20)11-16(15)19/h5-11,17,21H,1-4H3. The molecule has 0 radical (unpaired) electrons. The lowest BCUT2D eigenvalue weighted by Crippen LogP contribution is -2.19. The number of hydrogen-bond acceptors (Lipinski definition) is 1. The Morgan fingerprint density at radius 1 is 1.05 bits per heavy atom. The molecule has 112 valence electrons. The van der Waals surface area contributed by atoms with Gasteiger partial charge in [-0.1, -0.05) is 67.0 Å². The summed E-state index contributed by atoms with van der Waals surface area (Å²) in [7, 11) is 1.91. The van der Waals surface area contributed by atoms with Crippen LogP contribution in [0.2, 0.25) is 0 Å². The maximum absolute atomic E-state index is 13.3. The van der Waals surface area contributed by atoms with E-state index in [1.165, 1.54) is 17.7 Å². The minimum absolute atomic E-state index is 0.0361. The van der Waals surface area contributed by atoms with Crippen LogP contribution in [0.3, 0.4) is 0 Å². The van der Waals surface area contributed by atoms with Crippen LogP contribution in [-0.4, -0.2) is 7.05 Å². The highest BCUT2D eigenvalue weighted by molar-refractivity contribution is 9.10. The first-order chi connectivity index (χ1) is 9.82. The average Bonchev–Trinajstić information content (AvgIpc) is 2.41. The van der Waals surface area contributed by atoms with Crippen molar-refractivity contribution in [1.29, 1.82) is 0 Å². The van der Waals surface area contributed by atoms with Gasteiger partial charge >= 0.3 is 0 Å². The molecule has 0 amide bonds. The third-order valence-electron chi connectivity index (χ3n) is 3.67. The number of rotatable bonds is 3. The predicted molar refractivity (Wildman–Crippen MR) is 90.1 cm³/mol. The summed E-state index contributed by atoms with van der Waals surface area (Å²) in [5.41, 5.74) is 3.64. The SMILES string of the molecule is CNC(c1ccc(C(C)(C)C)cc1)c1ccc(F)cc1Br. The Morgan fingerprint density at radius 3 is 2.14 bits per heavy atom. The summed E-state index contributed by atoms with van der Waals surface area (Å²) in [6, 6.07) is 13.5. The fourth-order valence-electron chi connectivity index (χ4n) is 2.41. The van der Waals surface area contributed by atoms with Gasteiger partial charge in [0.1, 0.15) is 5.82 Å². The van der Waals surface area contributed by atoms with Gasteiger partial charge in [-0.15, -0.1) is 0 Å². The van der Waals surface area contributed by atoms with Gasteiger partial charge in [-0.05, 0) is 41.3 Å². The molecule has 0 aromatic heterocycles. The molecule has 0 aliphatic heterocycles. The fraction of sp³-hybridized carbons (Fsp3) is 0.333. The molecule has 2 rings (SSSR count). The van der Waals surface area contributed by atoms with Gasteiger partial charge in [0.2, 0.25) is 0 Å². The van der Waals surface area contributed by atoms with E-state index in [1.54, 1.807) is 0 Å². The molecule has 0 heterocycles. The van der Waals surface area contributed by atoms with Crippen LogP contribution in [0, 0.1) is 5.82 Å². The molecule has 3 heteroatoms. The lowest BCUT2D eigenvalue weighted by Gasteiger charge is -2.22. The van der Waals surface area contributed by atoms with E-state index in [-0.39, 0.29) is 17.3 Å². The highest BCUT2D eigenvalue weighted by atomic mass is 79.9. The van der Waals surface area contributed by atoms with Gasteiger partial charge in [-0.3, -0.25) is 0 Å². The molecule has 2 aromatic carbocycles. The Labute approximate surface area is 134 Å². The number of nitrogens with one attached hydrogen (secondary N) is 1. The third-order valence-corrected chi connectivity index (χ3v) is 4.36. The lowest BCUT2D eigenvalue weighted by molar-refractivity contribution is 0.589. The summed E-state index contributed by atoms with van der Waals surface area (Å²) < 4.78 is 14.0. The molecule has 1 atom stereocenters. The van der Waals surface area contributed by atoms with Gasteiger partial charge in [0.05, 0.1) is 6.04 Å². The molecule has 1 N–H and O–H groups in total. The van der Waals surface area contributed by atoms with Crippen molar-refractivity contribution in [3.05, 3.63) is 69.4 Å². The van der Waals surface area contributed by atoms with Crippen LogP contribution >= 0.6 is 15.9 Å². The smallest absolute Gasteiger partial charge is 0.124 e.